The van der Waals surface area contributed by atoms with E-state index in [0.717, 1.165) is 19.0 Å². The average molecular weight is 257 g/mol. The average Bonchev–Trinajstić information content (AvgIpc) is 2.99. The van der Waals surface area contributed by atoms with E-state index in [9.17, 15) is 13.2 Å². The van der Waals surface area contributed by atoms with Crippen LogP contribution in [-0.4, -0.2) is 25.4 Å². The summed E-state index contributed by atoms with van der Waals surface area (Å²) in [5.41, 5.74) is 5.01. The second-order valence-electron chi connectivity index (χ2n) is 3.74. The molecule has 1 aromatic rings. The van der Waals surface area contributed by atoms with Crippen LogP contribution in [0.3, 0.4) is 0 Å². The minimum atomic E-state index is -3.88. The fourth-order valence-electron chi connectivity index (χ4n) is 1.22. The van der Waals surface area contributed by atoms with Crippen molar-refractivity contribution in [3.63, 3.8) is 0 Å². The van der Waals surface area contributed by atoms with Crippen LogP contribution < -0.4 is 15.6 Å². The molecule has 4 N–H and O–H groups in total. The SMILES string of the molecule is NC(=O)c1ncc(S(N)(=O)=O)cc1OC1CC1. The molecule has 0 radical (unpaired) electrons. The molecule has 1 aliphatic rings. The fourth-order valence-corrected chi connectivity index (χ4v) is 1.69. The molecule has 1 amide bonds. The van der Waals surface area contributed by atoms with Crippen molar-refractivity contribution in [3.05, 3.63) is 18.0 Å². The molecule has 0 atom stereocenters. The molecular weight excluding hydrogens is 246 g/mol. The third kappa shape index (κ3) is 2.71. The van der Waals surface area contributed by atoms with Gasteiger partial charge >= 0.3 is 0 Å². The maximum atomic E-state index is 11.1. The van der Waals surface area contributed by atoms with Crippen LogP contribution in [0.1, 0.15) is 23.3 Å². The molecule has 0 saturated heterocycles. The van der Waals surface area contributed by atoms with Crippen LogP contribution in [0.5, 0.6) is 5.75 Å². The number of nitrogens with two attached hydrogens (primary N) is 2. The zero-order valence-electron chi connectivity index (χ0n) is 8.79. The van der Waals surface area contributed by atoms with Crippen molar-refractivity contribution in [1.29, 1.82) is 0 Å². The van der Waals surface area contributed by atoms with Gasteiger partial charge in [0.2, 0.25) is 10.0 Å². The summed E-state index contributed by atoms with van der Waals surface area (Å²) in [5, 5.41) is 4.96. The quantitative estimate of drug-likeness (QED) is 0.742. The zero-order chi connectivity index (χ0) is 12.6. The van der Waals surface area contributed by atoms with E-state index in [1.54, 1.807) is 0 Å². The summed E-state index contributed by atoms with van der Waals surface area (Å²) in [6.07, 6.45) is 2.69. The molecule has 8 heteroatoms. The first-order valence-corrected chi connectivity index (χ1v) is 6.42. The third-order valence-corrected chi connectivity index (χ3v) is 3.09. The van der Waals surface area contributed by atoms with Crippen molar-refractivity contribution in [2.24, 2.45) is 10.9 Å². The summed E-state index contributed by atoms with van der Waals surface area (Å²) in [6.45, 7) is 0. The summed E-state index contributed by atoms with van der Waals surface area (Å²) in [4.78, 5) is 14.5. The lowest BCUT2D eigenvalue weighted by Crippen LogP contribution is -2.18. The highest BCUT2D eigenvalue weighted by Gasteiger charge is 2.27. The Labute approximate surface area is 97.8 Å². The van der Waals surface area contributed by atoms with Crippen LogP contribution in [0.4, 0.5) is 0 Å². The predicted molar refractivity (Wildman–Crippen MR) is 57.8 cm³/mol. The Hall–Kier alpha value is -1.67. The molecule has 0 aliphatic heterocycles. The Balaban J connectivity index is 2.45. The van der Waals surface area contributed by atoms with E-state index < -0.39 is 15.9 Å². The number of aromatic nitrogens is 1. The van der Waals surface area contributed by atoms with E-state index in [1.165, 1.54) is 6.07 Å². The largest absolute Gasteiger partial charge is 0.488 e. The number of carbonyl (C=O) groups excluding carboxylic acids is 1. The predicted octanol–water partition coefficient (Wildman–Crippen LogP) is -0.631. The van der Waals surface area contributed by atoms with E-state index in [2.05, 4.69) is 4.98 Å². The number of nitrogens with zero attached hydrogens (tertiary/aromatic N) is 1. The molecular formula is C9H11N3O4S. The number of amides is 1. The van der Waals surface area contributed by atoms with Crippen molar-refractivity contribution in [2.45, 2.75) is 23.8 Å². The number of sulfonamides is 1. The van der Waals surface area contributed by atoms with E-state index in [4.69, 9.17) is 15.6 Å². The Morgan fingerprint density at radius 2 is 2.12 bits per heavy atom. The zero-order valence-corrected chi connectivity index (χ0v) is 9.61. The van der Waals surface area contributed by atoms with Gasteiger partial charge in [0, 0.05) is 12.3 Å². The van der Waals surface area contributed by atoms with Crippen LogP contribution in [0.25, 0.3) is 0 Å². The molecule has 1 aliphatic carbocycles. The van der Waals surface area contributed by atoms with Gasteiger partial charge in [0.15, 0.2) is 11.4 Å². The van der Waals surface area contributed by atoms with E-state index in [1.807, 2.05) is 0 Å². The number of primary amides is 1. The Kier molecular flexibility index (Phi) is 2.76. The highest BCUT2D eigenvalue weighted by Crippen LogP contribution is 2.29. The van der Waals surface area contributed by atoms with E-state index in [0.29, 0.717) is 0 Å². The van der Waals surface area contributed by atoms with Crippen LogP contribution >= 0.6 is 0 Å². The highest BCUT2D eigenvalue weighted by molar-refractivity contribution is 7.89. The van der Waals surface area contributed by atoms with Crippen molar-refractivity contribution in [1.82, 2.24) is 4.98 Å². The first kappa shape index (κ1) is 11.8. The van der Waals surface area contributed by atoms with Crippen LogP contribution in [0.2, 0.25) is 0 Å². The van der Waals surface area contributed by atoms with Crippen molar-refractivity contribution < 1.29 is 17.9 Å². The van der Waals surface area contributed by atoms with Crippen molar-refractivity contribution >= 4 is 15.9 Å². The van der Waals surface area contributed by atoms with Gasteiger partial charge in [0.1, 0.15) is 4.90 Å². The van der Waals surface area contributed by atoms with Crippen molar-refractivity contribution in [3.8, 4) is 5.75 Å². The molecule has 1 aromatic heterocycles. The molecule has 2 rings (SSSR count). The van der Waals surface area contributed by atoms with Crippen LogP contribution in [0.15, 0.2) is 17.2 Å². The highest BCUT2D eigenvalue weighted by atomic mass is 32.2. The summed E-state index contributed by atoms with van der Waals surface area (Å²) >= 11 is 0. The first-order valence-electron chi connectivity index (χ1n) is 4.87. The van der Waals surface area contributed by atoms with Gasteiger partial charge < -0.3 is 10.5 Å². The maximum Gasteiger partial charge on any atom is 0.271 e. The molecule has 7 nitrogen and oxygen atoms in total. The molecule has 1 fully saturated rings. The number of carbonyl (C=O) groups is 1. The third-order valence-electron chi connectivity index (χ3n) is 2.21. The summed E-state index contributed by atoms with van der Waals surface area (Å²) < 4.78 is 27.6. The molecule has 92 valence electrons. The Morgan fingerprint density at radius 3 is 2.59 bits per heavy atom. The molecule has 0 aromatic carbocycles. The second-order valence-corrected chi connectivity index (χ2v) is 5.31. The Morgan fingerprint density at radius 1 is 1.47 bits per heavy atom. The number of pyridine rings is 1. The van der Waals surface area contributed by atoms with Gasteiger partial charge in [-0.25, -0.2) is 18.5 Å². The minimum absolute atomic E-state index is 0.00868. The van der Waals surface area contributed by atoms with Crippen LogP contribution in [-0.2, 0) is 10.0 Å². The normalized spacial score (nSPS) is 15.6. The van der Waals surface area contributed by atoms with Gasteiger partial charge in [-0.3, -0.25) is 4.79 Å². The lowest BCUT2D eigenvalue weighted by Gasteiger charge is -2.08. The number of hydrogen-bond acceptors (Lipinski definition) is 5. The summed E-state index contributed by atoms with van der Waals surface area (Å²) in [6, 6.07) is 1.17. The van der Waals surface area contributed by atoms with Gasteiger partial charge in [0.25, 0.3) is 5.91 Å². The van der Waals surface area contributed by atoms with E-state index in [-0.39, 0.29) is 22.4 Å². The monoisotopic (exact) mass is 257 g/mol. The Bertz CT molecular complexity index is 566. The summed E-state index contributed by atoms with van der Waals surface area (Å²) in [5.74, 6) is -0.715. The number of ether oxygens (including phenoxy) is 1. The minimum Gasteiger partial charge on any atom is -0.488 e. The lowest BCUT2D eigenvalue weighted by atomic mass is 10.3. The standard InChI is InChI=1S/C9H11N3O4S/c10-9(13)8-7(16-5-1-2-5)3-6(4-12-8)17(11,14)15/h3-5H,1-2H2,(H2,10,13)(H2,11,14,15). The second kappa shape index (κ2) is 3.97. The van der Waals surface area contributed by atoms with Gasteiger partial charge in [-0.05, 0) is 12.8 Å². The molecule has 0 bridgehead atoms. The van der Waals surface area contributed by atoms with Gasteiger partial charge in [0.05, 0.1) is 6.10 Å². The topological polar surface area (TPSA) is 125 Å². The molecule has 1 heterocycles. The molecule has 0 spiro atoms. The van der Waals surface area contributed by atoms with Crippen molar-refractivity contribution in [2.75, 3.05) is 0 Å². The number of hydrogen-bond donors (Lipinski definition) is 2. The number of rotatable bonds is 4. The maximum absolute atomic E-state index is 11.1. The van der Waals surface area contributed by atoms with Gasteiger partial charge in [-0.15, -0.1) is 0 Å². The van der Waals surface area contributed by atoms with Gasteiger partial charge in [-0.2, -0.15) is 0 Å². The molecule has 0 unspecified atom stereocenters. The van der Waals surface area contributed by atoms with Crippen LogP contribution in [0, 0.1) is 0 Å². The first-order chi connectivity index (χ1) is 7.88. The fraction of sp³-hybridized carbons (Fsp3) is 0.333. The molecule has 1 saturated carbocycles. The molecule has 17 heavy (non-hydrogen) atoms. The van der Waals surface area contributed by atoms with E-state index >= 15 is 0 Å². The number of primary sulfonamides is 1. The smallest absolute Gasteiger partial charge is 0.271 e. The van der Waals surface area contributed by atoms with Gasteiger partial charge in [-0.1, -0.05) is 0 Å². The lowest BCUT2D eigenvalue weighted by molar-refractivity contribution is 0.0990. The summed E-state index contributed by atoms with van der Waals surface area (Å²) in [7, 11) is -3.88.